The van der Waals surface area contributed by atoms with Gasteiger partial charge in [0.05, 0.1) is 0 Å². The zero-order valence-electron chi connectivity index (χ0n) is 22.9. The Kier molecular flexibility index (Phi) is 1200. The maximum absolute atomic E-state index is 8.36. The molecule has 0 aromatic heterocycles. The van der Waals surface area contributed by atoms with Crippen LogP contribution in [-0.2, 0) is 75.3 Å². The van der Waals surface area contributed by atoms with Crippen LogP contribution in [0.5, 0.6) is 0 Å². The van der Waals surface area contributed by atoms with Gasteiger partial charge < -0.3 is 0 Å². The summed E-state index contributed by atoms with van der Waals surface area (Å²) in [7, 11) is -4.00. The van der Waals surface area contributed by atoms with Gasteiger partial charge in [0.15, 0.2) is 0 Å². The number of rotatable bonds is 0. The van der Waals surface area contributed by atoms with E-state index in [1.54, 1.807) is 0 Å². The minimum atomic E-state index is -0.250. The fourth-order valence-corrected chi connectivity index (χ4v) is 0. The Morgan fingerprint density at radius 2 is 0.137 bits per heavy atom. The molecule has 51 heteroatoms. The van der Waals surface area contributed by atoms with Crippen molar-refractivity contribution in [3.8, 4) is 0 Å². The van der Waals surface area contributed by atoms with Gasteiger partial charge in [-0.1, -0.05) is 0 Å². The van der Waals surface area contributed by atoms with Crippen LogP contribution in [0.25, 0.3) is 0 Å². The maximum atomic E-state index is 8.36. The fraction of sp³-hybridized carbons (Fsp3) is 0. The SMILES string of the molecule is O=BO.O=BO.O=BO.O=BO.O=BO.O=BO.O=BO.O=BO.O=BO.O=BO.O=BO.O=BO.O=BO.O=BO.O=BO.O=BO.[BaH2].[BaH2].[BaH2]. The van der Waals surface area contributed by atoms with E-state index in [9.17, 15) is 0 Å². The van der Waals surface area contributed by atoms with Crippen molar-refractivity contribution in [1.29, 1.82) is 0 Å². The van der Waals surface area contributed by atoms with Crippen LogP contribution in [0.2, 0.25) is 0 Å². The summed E-state index contributed by atoms with van der Waals surface area (Å²) in [6.45, 7) is 0. The molecule has 0 heterocycles. The minimum absolute atomic E-state index is 0. The van der Waals surface area contributed by atoms with Crippen molar-refractivity contribution in [2.45, 2.75) is 0 Å². The Hall–Kier alpha value is -0.647. The first-order valence-corrected chi connectivity index (χ1v) is 7.90. The number of hydrogen-bond acceptors (Lipinski definition) is 16. The Morgan fingerprint density at radius 3 is 0.137 bits per heavy atom. The standard InChI is InChI=1S/16BHO2.3Ba.6H/c16*2-1-3;;;;;;;;;/h16*2H;;;;;;;;;. The Balaban J connectivity index is -0.0000000125. The van der Waals surface area contributed by atoms with E-state index >= 15 is 0 Å². The van der Waals surface area contributed by atoms with Crippen LogP contribution >= 0.6 is 0 Å². The molecule has 0 aromatic rings. The average Bonchev–Trinajstić information content (AvgIpc) is 2.96. The van der Waals surface area contributed by atoms with Crippen molar-refractivity contribution < 1.29 is 156 Å². The van der Waals surface area contributed by atoms with Crippen molar-refractivity contribution in [3.63, 3.8) is 0 Å². The van der Waals surface area contributed by atoms with Crippen LogP contribution in [-0.4, -0.2) is 345 Å². The summed E-state index contributed by atoms with van der Waals surface area (Å²) in [5.74, 6) is 0. The Bertz CT molecular complexity index is 373. The van der Waals surface area contributed by atoms with E-state index in [2.05, 4.69) is 0 Å². The summed E-state index contributed by atoms with van der Waals surface area (Å²) in [4.78, 5) is 0. The van der Waals surface area contributed by atoms with Gasteiger partial charge in [-0.25, -0.2) is 0 Å². The van der Waals surface area contributed by atoms with Crippen LogP contribution in [0.4, 0.5) is 0 Å². The van der Waals surface area contributed by atoms with Gasteiger partial charge in [0.25, 0.3) is 0 Å². The quantitative estimate of drug-likeness (QED) is 0.100. The van der Waals surface area contributed by atoms with Crippen LogP contribution in [0, 0.1) is 0 Å². The number of hydrogen-bond donors (Lipinski definition) is 16. The summed E-state index contributed by atoms with van der Waals surface area (Å²) in [5, 5.41) is 110. The van der Waals surface area contributed by atoms with Gasteiger partial charge in [-0.3, -0.25) is 0 Å². The van der Waals surface area contributed by atoms with Crippen molar-refractivity contribution >= 4 is 264 Å². The molecule has 32 nitrogen and oxygen atoms in total. The first kappa shape index (κ1) is 125. The summed E-state index contributed by atoms with van der Waals surface area (Å²) < 4.78 is 134. The summed E-state index contributed by atoms with van der Waals surface area (Å²) >= 11 is 0. The molecule has 51 heavy (non-hydrogen) atoms. The molecule has 16 N–H and O–H groups in total. The second kappa shape index (κ2) is 490. The zero-order chi connectivity index (χ0) is 43.3. The molecule has 0 rings (SSSR count). The van der Waals surface area contributed by atoms with Crippen molar-refractivity contribution in [2.24, 2.45) is 0 Å². The zero-order valence-corrected chi connectivity index (χ0v) is 22.9. The fourth-order valence-electron chi connectivity index (χ4n) is 0. The van der Waals surface area contributed by atoms with Gasteiger partial charge in [-0.15, -0.1) is 0 Å². The topological polar surface area (TPSA) is 597 Å². The molecule has 0 unspecified atom stereocenters. The summed E-state index contributed by atoms with van der Waals surface area (Å²) in [5.41, 5.74) is 0. The average molecular weight is 1120 g/mol. The molecule has 0 amide bonds. The molecule has 0 fully saturated rings. The molecule has 0 aliphatic heterocycles. The van der Waals surface area contributed by atoms with Crippen LogP contribution in [0.1, 0.15) is 0 Å². The van der Waals surface area contributed by atoms with E-state index in [-0.39, 0.29) is 264 Å². The summed E-state index contributed by atoms with van der Waals surface area (Å²) in [6.07, 6.45) is 0. The predicted octanol–water partition coefficient (Wildman–Crippen LogP) is -19.7. The molecule has 268 valence electrons. The molecular weight excluding hydrogens is 1100 g/mol. The third kappa shape index (κ3) is 265000. The first-order chi connectivity index (χ1) is 22.6. The van der Waals surface area contributed by atoms with Crippen LogP contribution in [0.3, 0.4) is 0 Å². The summed E-state index contributed by atoms with van der Waals surface area (Å²) in [6, 6.07) is 0. The molecular formula is H22B16Ba3O32. The van der Waals surface area contributed by atoms with Gasteiger partial charge >= 0.3 is 420 Å². The van der Waals surface area contributed by atoms with Crippen molar-refractivity contribution in [2.75, 3.05) is 0 Å². The van der Waals surface area contributed by atoms with Gasteiger partial charge in [0.1, 0.15) is 0 Å². The Labute approximate surface area is 413 Å². The van der Waals surface area contributed by atoms with Crippen molar-refractivity contribution in [1.82, 2.24) is 0 Å². The van der Waals surface area contributed by atoms with Crippen molar-refractivity contribution in [3.05, 3.63) is 0 Å². The van der Waals surface area contributed by atoms with Gasteiger partial charge in [-0.2, -0.15) is 0 Å². The third-order valence-electron chi connectivity index (χ3n) is 0. The monoisotopic (exact) mass is 1120 g/mol. The third-order valence-corrected chi connectivity index (χ3v) is 0. The Morgan fingerprint density at radius 1 is 0.137 bits per heavy atom. The second-order valence-corrected chi connectivity index (χ2v) is 1.69. The molecule has 0 saturated heterocycles. The van der Waals surface area contributed by atoms with Gasteiger partial charge in [0, 0.05) is 0 Å². The normalized spacial score (nSPS) is 2.51. The van der Waals surface area contributed by atoms with E-state index in [0.29, 0.717) is 0 Å². The molecule has 0 aliphatic carbocycles. The molecule has 0 atom stereocenters. The van der Waals surface area contributed by atoms with Crippen LogP contribution in [0.15, 0.2) is 0 Å². The van der Waals surface area contributed by atoms with E-state index in [4.69, 9.17) is 156 Å². The second-order valence-electron chi connectivity index (χ2n) is 1.69. The van der Waals surface area contributed by atoms with Gasteiger partial charge in [0.2, 0.25) is 0 Å². The van der Waals surface area contributed by atoms with Crippen LogP contribution < -0.4 is 0 Å². The predicted molar refractivity (Wildman–Crippen MR) is 164 cm³/mol. The molecule has 0 spiro atoms. The van der Waals surface area contributed by atoms with E-state index < -0.39 is 0 Å². The van der Waals surface area contributed by atoms with E-state index in [0.717, 1.165) is 0 Å². The van der Waals surface area contributed by atoms with E-state index in [1.165, 1.54) is 0 Å². The molecule has 0 radical (unpaired) electrons. The van der Waals surface area contributed by atoms with E-state index in [1.807, 2.05) is 0 Å². The molecule has 0 bridgehead atoms. The molecule has 0 aromatic carbocycles. The molecule has 0 aliphatic rings. The first-order valence-electron chi connectivity index (χ1n) is 7.90. The van der Waals surface area contributed by atoms with Gasteiger partial charge in [-0.05, 0) is 0 Å². The molecule has 0 saturated carbocycles.